The van der Waals surface area contributed by atoms with Crippen LogP contribution in [-0.4, -0.2) is 182 Å². The average Bonchev–Trinajstić information content (AvgIpc) is 1.88. The number of guanidine groups is 1. The van der Waals surface area contributed by atoms with Crippen LogP contribution in [0.2, 0.25) is 0 Å². The summed E-state index contributed by atoms with van der Waals surface area (Å²) >= 11 is 0. The number of rotatable bonds is 32. The normalized spacial score (nSPS) is 16.8. The van der Waals surface area contributed by atoms with Crippen LogP contribution in [0.3, 0.4) is 0 Å². The quantitative estimate of drug-likeness (QED) is 0.0134. The maximum atomic E-state index is 14.5. The van der Waals surface area contributed by atoms with Crippen molar-refractivity contribution in [1.29, 1.82) is 0 Å². The third kappa shape index (κ3) is 21.3. The summed E-state index contributed by atoms with van der Waals surface area (Å²) in [4.78, 5) is 159. The first-order chi connectivity index (χ1) is 42.5. The van der Waals surface area contributed by atoms with Crippen molar-refractivity contribution in [3.8, 4) is 5.75 Å². The summed E-state index contributed by atoms with van der Waals surface area (Å²) < 4.78 is 0. The number of nitrogens with two attached hydrogens (primary N) is 3. The molecule has 90 heavy (non-hydrogen) atoms. The second kappa shape index (κ2) is 33.1. The number of β-amino-alcohol motifs (C(OH)–C–C–N with tert-alkyl or cyclic N) is 1. The third-order valence-electron chi connectivity index (χ3n) is 14.9. The summed E-state index contributed by atoms with van der Waals surface area (Å²) in [7, 11) is 1.48. The summed E-state index contributed by atoms with van der Waals surface area (Å²) in [6.45, 7) is 8.45. The van der Waals surface area contributed by atoms with Crippen molar-refractivity contribution in [2.75, 3.05) is 20.1 Å². The molecule has 1 aromatic heterocycles. The number of primary amides is 2. The summed E-state index contributed by atoms with van der Waals surface area (Å²) in [5.41, 5.74) is 17.8. The lowest BCUT2D eigenvalue weighted by Gasteiger charge is -2.32. The molecular weight excluding hydrogens is 1170 g/mol. The zero-order chi connectivity index (χ0) is 66.6. The van der Waals surface area contributed by atoms with Crippen molar-refractivity contribution in [1.82, 2.24) is 57.7 Å². The van der Waals surface area contributed by atoms with Gasteiger partial charge in [-0.05, 0) is 80.8 Å². The summed E-state index contributed by atoms with van der Waals surface area (Å²) in [5, 5.41) is 55.7. The molecule has 0 unspecified atom stereocenters. The number of nitrogens with zero attached hydrogens (tertiary/aromatic N) is 2. The SMILES string of the molecule is CN=C(N)NCCC[C@H](NC(=O)[C@H](CC(C)C)NC(=O)C(C)(C)NC(=O)[C@H](Cc1ccccc1)NC(=O)[C@@H](NC(=O)[C@H](CC(N)=O)NC(=O)[C@@H]1C[C@@H](O)CN1C(=O)[C@@H](Cc1ccc(O)cc1)NC(C)=O)[C@@H](C)O)C(=O)N[C@@H](Cc1c[nH]c2ccccc12)C(N)=O. The third-order valence-corrected chi connectivity index (χ3v) is 14.9. The van der Waals surface area contributed by atoms with Gasteiger partial charge in [-0.1, -0.05) is 74.5 Å². The fourth-order valence-corrected chi connectivity index (χ4v) is 10.1. The number of carbonyl (C=O) groups excluding carboxylic acids is 11. The van der Waals surface area contributed by atoms with Gasteiger partial charge in [-0.3, -0.25) is 57.7 Å². The van der Waals surface area contributed by atoms with Crippen LogP contribution in [0, 0.1) is 5.92 Å². The minimum absolute atomic E-state index is 0.0193. The van der Waals surface area contributed by atoms with E-state index in [1.807, 2.05) is 24.3 Å². The second-order valence-electron chi connectivity index (χ2n) is 23.3. The van der Waals surface area contributed by atoms with E-state index in [4.69, 9.17) is 17.2 Å². The molecule has 3 aromatic carbocycles. The minimum atomic E-state index is -1.89. The molecular formula is C61H85N15O14. The van der Waals surface area contributed by atoms with Gasteiger partial charge in [-0.25, -0.2) is 0 Å². The number of hydrogen-bond donors (Lipinski definition) is 16. The standard InChI is InChI=1S/C61H85N15O14/c1-32(2)24-44(53(84)69-42(18-13-23-66-60(64)65-7)52(83)70-43(51(63)82)27-37-30-67-41-17-12-11-16-40(37)41)73-59(90)61(5,6)75-55(86)45(25-35-14-9-8-10-15-35)72-57(88)50(33(3)77)74-54(85)46(29-49(62)81)71-56(87)48-28-39(80)31-76(48)58(89)47(68-34(4)78)26-36-19-21-38(79)22-20-36/h8-12,14-17,19-22,30,32-33,39,42-48,50,67,77,79-80H,13,18,23-29,31H2,1-7H3,(H2,62,81)(H2,63,82)(H,68,78)(H,69,84)(H,70,83)(H,71,87)(H,72,88)(H,73,90)(H,74,85)(H,75,86)(H3,64,65,66)/t33-,39-,42+,43+,44+,45+,46+,47-,48+,50+/m1/s1. The van der Waals surface area contributed by atoms with Crippen LogP contribution in [0.1, 0.15) is 90.3 Å². The molecule has 0 spiro atoms. The molecule has 1 aliphatic heterocycles. The highest BCUT2D eigenvalue weighted by atomic mass is 16.3. The maximum absolute atomic E-state index is 14.5. The lowest BCUT2D eigenvalue weighted by atomic mass is 9.97. The van der Waals surface area contributed by atoms with Crippen molar-refractivity contribution in [3.63, 3.8) is 0 Å². The molecule has 0 bridgehead atoms. The number of aromatic amines is 1. The minimum Gasteiger partial charge on any atom is -0.508 e. The number of hydrogen-bond acceptors (Lipinski definition) is 15. The predicted octanol–water partition coefficient (Wildman–Crippen LogP) is -2.73. The molecule has 19 N–H and O–H groups in total. The highest BCUT2D eigenvalue weighted by molar-refractivity contribution is 6.00. The van der Waals surface area contributed by atoms with E-state index < -0.39 is 137 Å². The lowest BCUT2D eigenvalue weighted by Crippen LogP contribution is -2.64. The molecule has 1 saturated heterocycles. The Labute approximate surface area is 520 Å². The van der Waals surface area contributed by atoms with Crippen LogP contribution in [-0.2, 0) is 72.0 Å². The number of aromatic nitrogens is 1. The molecule has 1 aliphatic rings. The Morgan fingerprint density at radius 3 is 1.91 bits per heavy atom. The summed E-state index contributed by atoms with van der Waals surface area (Å²) in [5.74, 6) is -10.1. The van der Waals surface area contributed by atoms with Gasteiger partial charge in [-0.15, -0.1) is 0 Å². The molecule has 0 radical (unpaired) electrons. The first-order valence-corrected chi connectivity index (χ1v) is 29.5. The van der Waals surface area contributed by atoms with Crippen LogP contribution in [0.4, 0.5) is 0 Å². The summed E-state index contributed by atoms with van der Waals surface area (Å²) in [6.07, 6.45) is -2.38. The monoisotopic (exact) mass is 1250 g/mol. The number of aromatic hydroxyl groups is 1. The molecule has 0 saturated carbocycles. The smallest absolute Gasteiger partial charge is 0.246 e. The van der Waals surface area contributed by atoms with E-state index in [2.05, 4.69) is 57.8 Å². The fraction of sp³-hybridized carbons (Fsp3) is 0.475. The van der Waals surface area contributed by atoms with Gasteiger partial charge in [0.2, 0.25) is 65.0 Å². The molecule has 488 valence electrons. The largest absolute Gasteiger partial charge is 0.508 e. The number of fused-ring (bicyclic) bond motifs is 1. The highest BCUT2D eigenvalue weighted by Crippen LogP contribution is 2.23. The number of aliphatic imine (C=N–C) groups is 1. The number of amides is 11. The van der Waals surface area contributed by atoms with E-state index in [1.165, 1.54) is 52.1 Å². The highest BCUT2D eigenvalue weighted by Gasteiger charge is 2.44. The van der Waals surface area contributed by atoms with Crippen LogP contribution in [0.5, 0.6) is 5.75 Å². The van der Waals surface area contributed by atoms with E-state index >= 15 is 0 Å². The van der Waals surface area contributed by atoms with E-state index in [0.29, 0.717) is 16.7 Å². The van der Waals surface area contributed by atoms with Gasteiger partial charge in [0.1, 0.15) is 59.6 Å². The van der Waals surface area contributed by atoms with Gasteiger partial charge in [0.15, 0.2) is 5.96 Å². The van der Waals surface area contributed by atoms with Gasteiger partial charge < -0.3 is 90.3 Å². The Balaban J connectivity index is 1.32. The Kier molecular flexibility index (Phi) is 26.1. The molecule has 10 atom stereocenters. The van der Waals surface area contributed by atoms with Crippen molar-refractivity contribution >= 4 is 81.8 Å². The number of aliphatic hydroxyl groups excluding tert-OH is 2. The fourth-order valence-electron chi connectivity index (χ4n) is 10.1. The van der Waals surface area contributed by atoms with Crippen LogP contribution >= 0.6 is 0 Å². The number of nitrogens with one attached hydrogen (secondary N) is 10. The number of para-hydroxylation sites is 1. The first-order valence-electron chi connectivity index (χ1n) is 29.5. The maximum Gasteiger partial charge on any atom is 0.246 e. The molecule has 11 amide bonds. The molecule has 2 heterocycles. The predicted molar refractivity (Wildman–Crippen MR) is 330 cm³/mol. The summed E-state index contributed by atoms with van der Waals surface area (Å²) in [6, 6.07) is 9.75. The lowest BCUT2D eigenvalue weighted by molar-refractivity contribution is -0.142. The van der Waals surface area contributed by atoms with Gasteiger partial charge >= 0.3 is 0 Å². The second-order valence-corrected chi connectivity index (χ2v) is 23.3. The Morgan fingerprint density at radius 2 is 1.29 bits per heavy atom. The Morgan fingerprint density at radius 1 is 0.689 bits per heavy atom. The van der Waals surface area contributed by atoms with Crippen LogP contribution in [0.15, 0.2) is 90.1 Å². The number of phenols is 1. The molecule has 29 heteroatoms. The Hall–Kier alpha value is -9.64. The number of benzene rings is 3. The van der Waals surface area contributed by atoms with Gasteiger partial charge in [0.25, 0.3) is 0 Å². The molecule has 29 nitrogen and oxygen atoms in total. The number of aliphatic hydroxyl groups is 2. The number of H-pyrrole nitrogens is 1. The van der Waals surface area contributed by atoms with Crippen LogP contribution in [0.25, 0.3) is 10.9 Å². The van der Waals surface area contributed by atoms with Gasteiger partial charge in [-0.2, -0.15) is 0 Å². The van der Waals surface area contributed by atoms with Crippen molar-refractivity contribution in [3.05, 3.63) is 102 Å². The molecule has 0 aliphatic carbocycles. The van der Waals surface area contributed by atoms with E-state index in [0.717, 1.165) is 22.7 Å². The first kappa shape index (κ1) is 71.1. The van der Waals surface area contributed by atoms with Gasteiger partial charge in [0, 0.05) is 69.8 Å². The van der Waals surface area contributed by atoms with E-state index in [1.54, 1.807) is 50.4 Å². The van der Waals surface area contributed by atoms with Crippen molar-refractivity contribution in [2.45, 2.75) is 159 Å². The van der Waals surface area contributed by atoms with E-state index in [9.17, 15) is 68.1 Å². The molecule has 4 aromatic rings. The number of phenolic OH excluding ortho intramolecular Hbond substituents is 1. The Bertz CT molecular complexity index is 3230. The van der Waals surface area contributed by atoms with Gasteiger partial charge in [0.05, 0.1) is 18.6 Å². The topological polar surface area (TPSA) is 466 Å². The average molecular weight is 1250 g/mol. The zero-order valence-electron chi connectivity index (χ0n) is 51.5. The van der Waals surface area contributed by atoms with Crippen molar-refractivity contribution in [2.24, 2.45) is 28.1 Å². The van der Waals surface area contributed by atoms with E-state index in [-0.39, 0.29) is 75.7 Å². The zero-order valence-corrected chi connectivity index (χ0v) is 51.5. The molecule has 5 rings (SSSR count). The number of carbonyl (C=O) groups is 11. The molecule has 1 fully saturated rings. The number of likely N-dealkylation sites (tertiary alicyclic amines) is 1. The van der Waals surface area contributed by atoms with Crippen LogP contribution < -0.4 is 65.1 Å². The van der Waals surface area contributed by atoms with Crippen molar-refractivity contribution < 1.29 is 68.1 Å².